The minimum absolute atomic E-state index is 0.191. The van der Waals surface area contributed by atoms with E-state index in [1.807, 2.05) is 0 Å². The molecule has 19 heavy (non-hydrogen) atoms. The number of hydrogen-bond donors (Lipinski definition) is 2. The van der Waals surface area contributed by atoms with E-state index in [-0.39, 0.29) is 11.3 Å². The highest BCUT2D eigenvalue weighted by Gasteiger charge is 2.43. The lowest BCUT2D eigenvalue weighted by molar-refractivity contribution is -0.132. The number of hydrogen-bond acceptors (Lipinski definition) is 3. The molecule has 1 heterocycles. The van der Waals surface area contributed by atoms with Gasteiger partial charge in [0.2, 0.25) is 5.91 Å². The average molecular weight is 269 g/mol. The van der Waals surface area contributed by atoms with Crippen LogP contribution in [0.3, 0.4) is 0 Å². The Kier molecular flexibility index (Phi) is 6.27. The largest absolute Gasteiger partial charge is 0.356 e. The molecule has 1 aliphatic heterocycles. The normalized spacial score (nSPS) is 23.6. The monoisotopic (exact) mass is 269 g/mol. The van der Waals surface area contributed by atoms with E-state index in [1.54, 1.807) is 0 Å². The van der Waals surface area contributed by atoms with Crippen molar-refractivity contribution in [2.24, 2.45) is 11.3 Å². The first-order chi connectivity index (χ1) is 8.90. The molecule has 0 aromatic rings. The molecule has 112 valence electrons. The summed E-state index contributed by atoms with van der Waals surface area (Å²) in [5.74, 6) is 0.625. The maximum atomic E-state index is 12.4. The number of rotatable bonds is 7. The molecule has 1 atom stereocenters. The second kappa shape index (κ2) is 7.25. The van der Waals surface area contributed by atoms with Gasteiger partial charge in [-0.05, 0) is 52.7 Å². The van der Waals surface area contributed by atoms with E-state index in [0.29, 0.717) is 12.0 Å². The van der Waals surface area contributed by atoms with Crippen molar-refractivity contribution in [3.8, 4) is 0 Å². The Balaban J connectivity index is 2.34. The smallest absolute Gasteiger partial charge is 0.227 e. The van der Waals surface area contributed by atoms with E-state index >= 15 is 0 Å². The fraction of sp³-hybridized carbons (Fsp3) is 0.933. The van der Waals surface area contributed by atoms with Crippen LogP contribution in [0.25, 0.3) is 0 Å². The zero-order chi connectivity index (χ0) is 14.5. The van der Waals surface area contributed by atoms with Crippen LogP contribution in [0.4, 0.5) is 0 Å². The highest BCUT2D eigenvalue weighted by atomic mass is 16.2. The maximum Gasteiger partial charge on any atom is 0.227 e. The van der Waals surface area contributed by atoms with Crippen LogP contribution >= 0.6 is 0 Å². The van der Waals surface area contributed by atoms with Crippen molar-refractivity contribution in [2.75, 3.05) is 33.2 Å². The van der Waals surface area contributed by atoms with Gasteiger partial charge in [-0.3, -0.25) is 4.79 Å². The molecule has 1 amide bonds. The summed E-state index contributed by atoms with van der Waals surface area (Å²) in [4.78, 5) is 14.7. The van der Waals surface area contributed by atoms with Gasteiger partial charge in [0, 0.05) is 19.1 Å². The Morgan fingerprint density at radius 1 is 1.37 bits per heavy atom. The molecule has 0 spiro atoms. The van der Waals surface area contributed by atoms with Crippen molar-refractivity contribution in [1.29, 1.82) is 0 Å². The molecule has 2 N–H and O–H groups in total. The number of amides is 1. The molecule has 0 aromatic heterocycles. The summed E-state index contributed by atoms with van der Waals surface area (Å²) in [6.07, 6.45) is 1.98. The second-order valence-electron chi connectivity index (χ2n) is 6.42. The van der Waals surface area contributed by atoms with Gasteiger partial charge in [0.25, 0.3) is 0 Å². The van der Waals surface area contributed by atoms with E-state index in [1.165, 1.54) is 0 Å². The first kappa shape index (κ1) is 16.4. The van der Waals surface area contributed by atoms with Crippen molar-refractivity contribution >= 4 is 5.91 Å². The molecule has 1 unspecified atom stereocenters. The number of nitrogens with one attached hydrogen (secondary N) is 2. The van der Waals surface area contributed by atoms with Crippen LogP contribution in [0, 0.1) is 11.3 Å². The predicted molar refractivity (Wildman–Crippen MR) is 80.2 cm³/mol. The number of carbonyl (C=O) groups is 1. The molecule has 0 aromatic carbocycles. The van der Waals surface area contributed by atoms with E-state index in [0.717, 1.165) is 39.0 Å². The molecule has 0 bridgehead atoms. The first-order valence-electron chi connectivity index (χ1n) is 7.59. The first-order valence-corrected chi connectivity index (χ1v) is 7.59. The van der Waals surface area contributed by atoms with Gasteiger partial charge in [-0.15, -0.1) is 0 Å². The van der Waals surface area contributed by atoms with Crippen molar-refractivity contribution in [3.05, 3.63) is 0 Å². The fourth-order valence-corrected chi connectivity index (χ4v) is 2.62. The van der Waals surface area contributed by atoms with E-state index in [2.05, 4.69) is 50.3 Å². The Labute approximate surface area is 118 Å². The minimum Gasteiger partial charge on any atom is -0.356 e. The molecular weight excluding hydrogens is 238 g/mol. The topological polar surface area (TPSA) is 44.4 Å². The van der Waals surface area contributed by atoms with Crippen LogP contribution in [-0.4, -0.2) is 50.1 Å². The molecule has 1 fully saturated rings. The van der Waals surface area contributed by atoms with E-state index in [4.69, 9.17) is 0 Å². The number of carbonyl (C=O) groups excluding carboxylic acids is 1. The van der Waals surface area contributed by atoms with E-state index < -0.39 is 0 Å². The standard InChI is InChI=1S/C15H31N3O/c1-12(2)15(7-9-16-11-15)14(19)17-8-6-10-18(5)13(3)4/h12-13,16H,6-11H2,1-5H3,(H,17,19). The van der Waals surface area contributed by atoms with Gasteiger partial charge in [-0.25, -0.2) is 0 Å². The average Bonchev–Trinajstić information content (AvgIpc) is 2.84. The summed E-state index contributed by atoms with van der Waals surface area (Å²) < 4.78 is 0. The highest BCUT2D eigenvalue weighted by Crippen LogP contribution is 2.34. The Bertz CT molecular complexity index is 283. The van der Waals surface area contributed by atoms with Crippen LogP contribution in [0.2, 0.25) is 0 Å². The predicted octanol–water partition coefficient (Wildman–Crippen LogP) is 1.47. The zero-order valence-corrected chi connectivity index (χ0v) is 13.3. The van der Waals surface area contributed by atoms with Gasteiger partial charge in [0.15, 0.2) is 0 Å². The van der Waals surface area contributed by atoms with Gasteiger partial charge in [-0.2, -0.15) is 0 Å². The zero-order valence-electron chi connectivity index (χ0n) is 13.3. The lowest BCUT2D eigenvalue weighted by Gasteiger charge is -2.31. The fourth-order valence-electron chi connectivity index (χ4n) is 2.62. The summed E-state index contributed by atoms with van der Waals surface area (Å²) in [5.41, 5.74) is -0.191. The lowest BCUT2D eigenvalue weighted by Crippen LogP contribution is -2.46. The van der Waals surface area contributed by atoms with Crippen LogP contribution in [0.1, 0.15) is 40.5 Å². The van der Waals surface area contributed by atoms with Gasteiger partial charge in [0.05, 0.1) is 5.41 Å². The molecule has 4 heteroatoms. The maximum absolute atomic E-state index is 12.4. The third-order valence-corrected chi connectivity index (χ3v) is 4.60. The molecular formula is C15H31N3O. The summed E-state index contributed by atoms with van der Waals surface area (Å²) in [7, 11) is 2.13. The summed E-state index contributed by atoms with van der Waals surface area (Å²) in [6, 6.07) is 0.566. The van der Waals surface area contributed by atoms with Crippen LogP contribution in [0.5, 0.6) is 0 Å². The van der Waals surface area contributed by atoms with Gasteiger partial charge < -0.3 is 15.5 Å². The lowest BCUT2D eigenvalue weighted by atomic mass is 9.75. The van der Waals surface area contributed by atoms with Crippen LogP contribution < -0.4 is 10.6 Å². The molecule has 1 rings (SSSR count). The van der Waals surface area contributed by atoms with Gasteiger partial charge in [0.1, 0.15) is 0 Å². The second-order valence-corrected chi connectivity index (χ2v) is 6.42. The Hall–Kier alpha value is -0.610. The third-order valence-electron chi connectivity index (χ3n) is 4.60. The minimum atomic E-state index is -0.191. The van der Waals surface area contributed by atoms with Gasteiger partial charge >= 0.3 is 0 Å². The number of nitrogens with zero attached hydrogens (tertiary/aromatic N) is 1. The highest BCUT2D eigenvalue weighted by molar-refractivity contribution is 5.83. The Morgan fingerprint density at radius 2 is 2.05 bits per heavy atom. The molecule has 0 radical (unpaired) electrons. The summed E-state index contributed by atoms with van der Waals surface area (Å²) in [5, 5.41) is 6.47. The molecule has 0 saturated carbocycles. The summed E-state index contributed by atoms with van der Waals surface area (Å²) in [6.45, 7) is 12.3. The van der Waals surface area contributed by atoms with Gasteiger partial charge in [-0.1, -0.05) is 13.8 Å². The van der Waals surface area contributed by atoms with E-state index in [9.17, 15) is 4.79 Å². The molecule has 1 saturated heterocycles. The summed E-state index contributed by atoms with van der Waals surface area (Å²) >= 11 is 0. The molecule has 0 aliphatic carbocycles. The van der Waals surface area contributed by atoms with Crippen LogP contribution in [0.15, 0.2) is 0 Å². The molecule has 4 nitrogen and oxygen atoms in total. The van der Waals surface area contributed by atoms with Crippen molar-refractivity contribution in [1.82, 2.24) is 15.5 Å². The molecule has 1 aliphatic rings. The van der Waals surface area contributed by atoms with Crippen molar-refractivity contribution in [2.45, 2.75) is 46.6 Å². The Morgan fingerprint density at radius 3 is 2.53 bits per heavy atom. The quantitative estimate of drug-likeness (QED) is 0.688. The SMILES string of the molecule is CC(C)N(C)CCCNC(=O)C1(C(C)C)CCNC1. The van der Waals surface area contributed by atoms with Crippen LogP contribution in [-0.2, 0) is 4.79 Å². The van der Waals surface area contributed by atoms with Crippen molar-refractivity contribution < 1.29 is 4.79 Å². The third kappa shape index (κ3) is 4.18. The van der Waals surface area contributed by atoms with Crippen molar-refractivity contribution in [3.63, 3.8) is 0 Å².